The Hall–Kier alpha value is -8.38. The van der Waals surface area contributed by atoms with E-state index < -0.39 is 117 Å². The van der Waals surface area contributed by atoms with Gasteiger partial charge in [-0.15, -0.1) is 0 Å². The number of nitrogens with zero attached hydrogens (tertiary/aromatic N) is 3. The fourth-order valence-electron chi connectivity index (χ4n) is 20.2. The Morgan fingerprint density at radius 2 is 0.923 bits per heavy atom. The standard InChI is InChI=1S/C116H179N6O20P/c1-80(2)33-23-36-83(7)39-26-42-86(10)45-29-48-89(13)63-68-132-101-71-94(72-102(133-69-64-90(14)49-30-46-87(11)43-27-40-84(8)37-24-34-81(3)4)107(101)134-70-65-91(15)50-31-47-88(12)44-28-41-85(9)38-25-35-82(5)6)74-118-104(123)61-62-106(124)140-100-73-105(121-75-92(16)110(125)119-113(121)127)139-103(100)77-138-143(129,137-67-32-66-117)142-109-108-112(122-76-93(17)111(126)120-114(122)128)141-115(109,78-135-108)79-136-116(95-51-21-20-22-52-95,96-53-57-98(130-18)58-54-96)97-55-59-99(131-19)60-56-97/h20-22,51-60,71-72,75-76,80-91,100,103,105,108-109,112H,23-50,61-65,67-70,73-74,77-79H2,1-19H3,(H,118,123)(H,119,125,127)(H,120,126,128)/t83?,84?,85?,86?,87?,88?,89?,90?,91?,100-,103+,105+,108+,109-,112+,115+,143?/m0/s1. The number of nitrogens with one attached hydrogen (secondary N) is 3. The zero-order valence-electron chi connectivity index (χ0n) is 90.4. The molecule has 1 amide bonds. The van der Waals surface area contributed by atoms with E-state index in [9.17, 15) is 34.0 Å². The molecule has 10 unspecified atom stereocenters. The van der Waals surface area contributed by atoms with Crippen molar-refractivity contribution in [3.05, 3.63) is 178 Å². The van der Waals surface area contributed by atoms with Gasteiger partial charge in [0, 0.05) is 42.9 Å². The molecule has 26 nitrogen and oxygen atoms in total. The van der Waals surface area contributed by atoms with Crippen LogP contribution in [0, 0.1) is 96.2 Å². The summed E-state index contributed by atoms with van der Waals surface area (Å²) in [4.78, 5) is 87.1. The van der Waals surface area contributed by atoms with Crippen LogP contribution < -0.4 is 51.5 Å². The van der Waals surface area contributed by atoms with E-state index in [1.807, 2.05) is 72.8 Å². The Kier molecular flexibility index (Phi) is 50.2. The number of phosphoric acid groups is 1. The number of aryl methyl sites for hydroxylation is 2. The quantitative estimate of drug-likeness (QED) is 0.0138. The van der Waals surface area contributed by atoms with E-state index in [1.54, 1.807) is 38.5 Å². The molecule has 3 N–H and O–H groups in total. The molecule has 3 saturated heterocycles. The summed E-state index contributed by atoms with van der Waals surface area (Å²) in [6.07, 6.45) is 29.7. The number of hydrogen-bond acceptors (Lipinski definition) is 21. The van der Waals surface area contributed by atoms with Gasteiger partial charge in [-0.3, -0.25) is 51.9 Å². The number of fused-ring (bicyclic) bond motifs is 2. The van der Waals surface area contributed by atoms with E-state index in [-0.39, 0.29) is 43.5 Å². The van der Waals surface area contributed by atoms with E-state index in [2.05, 4.69) is 119 Å². The molecule has 9 rings (SSSR count). The van der Waals surface area contributed by atoms with Crippen molar-refractivity contribution in [1.82, 2.24) is 24.4 Å². The summed E-state index contributed by atoms with van der Waals surface area (Å²) >= 11 is 0. The minimum absolute atomic E-state index is 0.0518. The van der Waals surface area contributed by atoms with Gasteiger partial charge < -0.3 is 52.7 Å². The zero-order valence-corrected chi connectivity index (χ0v) is 91.3. The van der Waals surface area contributed by atoms with E-state index in [4.69, 9.17) is 60.9 Å². The Labute approximate surface area is 855 Å². The van der Waals surface area contributed by atoms with E-state index in [0.29, 0.717) is 106 Å². The highest BCUT2D eigenvalue weighted by Gasteiger charge is 2.66. The van der Waals surface area contributed by atoms with Crippen LogP contribution in [0.3, 0.4) is 0 Å². The number of esters is 1. The third kappa shape index (κ3) is 38.7. The lowest BCUT2D eigenvalue weighted by molar-refractivity contribution is -0.204. The lowest BCUT2D eigenvalue weighted by atomic mass is 9.79. The highest BCUT2D eigenvalue weighted by Crippen LogP contribution is 2.59. The Balaban J connectivity index is 0.935. The Bertz CT molecular complexity index is 4950. The van der Waals surface area contributed by atoms with Crippen molar-refractivity contribution in [2.75, 3.05) is 60.5 Å². The monoisotopic (exact) mass is 2010 g/mol. The summed E-state index contributed by atoms with van der Waals surface area (Å²) in [5.41, 5.74) is -3.26. The molecular weight excluding hydrogens is 1830 g/mol. The number of amides is 1. The van der Waals surface area contributed by atoms with Crippen molar-refractivity contribution in [2.24, 2.45) is 71.0 Å². The largest absolute Gasteiger partial charge is 0.497 e. The summed E-state index contributed by atoms with van der Waals surface area (Å²) in [5, 5.41) is 13.0. The fourth-order valence-corrected chi connectivity index (χ4v) is 21.7. The average Bonchev–Trinajstić information content (AvgIpc) is 1.56. The summed E-state index contributed by atoms with van der Waals surface area (Å²) in [6.45, 7) is 37.9. The molecule has 0 aliphatic carbocycles. The molecule has 4 aromatic carbocycles. The number of ether oxygens (including phenoxy) is 10. The van der Waals surface area contributed by atoms with Crippen molar-refractivity contribution in [2.45, 2.75) is 391 Å². The number of phosphoric ester groups is 1. The molecule has 2 bridgehead atoms. The first-order valence-corrected chi connectivity index (χ1v) is 56.0. The highest BCUT2D eigenvalue weighted by molar-refractivity contribution is 7.48. The van der Waals surface area contributed by atoms with Crippen molar-refractivity contribution in [1.29, 1.82) is 5.26 Å². The third-order valence-corrected chi connectivity index (χ3v) is 31.1. The van der Waals surface area contributed by atoms with Crippen LogP contribution in [0.15, 0.2) is 123 Å². The molecular formula is C116H179N6O20P. The molecule has 17 atom stereocenters. The van der Waals surface area contributed by atoms with E-state index >= 15 is 4.57 Å². The van der Waals surface area contributed by atoms with Gasteiger partial charge in [-0.2, -0.15) is 5.26 Å². The number of carbonyl (C=O) groups is 2. The van der Waals surface area contributed by atoms with Gasteiger partial charge in [-0.25, -0.2) is 14.2 Å². The van der Waals surface area contributed by atoms with Crippen LogP contribution in [0.5, 0.6) is 28.7 Å². The van der Waals surface area contributed by atoms with Crippen molar-refractivity contribution >= 4 is 19.7 Å². The number of methoxy groups -OCH3 is 2. The van der Waals surface area contributed by atoms with Crippen LogP contribution >= 0.6 is 7.82 Å². The molecule has 0 radical (unpaired) electrons. The van der Waals surface area contributed by atoms with Gasteiger partial charge in [0.15, 0.2) is 17.7 Å². The number of aromatic nitrogens is 4. The SMILES string of the molecule is COc1ccc(C(OC[C@@]23CO[C@@H]([C@H](n4cc(C)c(=O)[nH]c4=O)O2)[C@@H]3OP(=O)(OCCC#N)OC[C@H]2O[C@@H](n3cc(C)c(=O)[nH]c3=O)C[C@@H]2OC(=O)CCC(=O)NCc2cc(OCCC(C)CCCC(C)CCCC(C)CCCC(C)C)c(OCCC(C)CCCC(C)CCCC(C)CCCC(C)C)c(OCCC(C)CCCC(C)CCCC(C)CCCC(C)C)c2)(c2ccccc2)c2ccc(OC)cc2)cc1. The van der Waals surface area contributed by atoms with Gasteiger partial charge in [0.05, 0.1) is 79.4 Å². The lowest BCUT2D eigenvalue weighted by Crippen LogP contribution is -2.49. The van der Waals surface area contributed by atoms with Crippen molar-refractivity contribution in [3.63, 3.8) is 0 Å². The number of rotatable bonds is 72. The topological polar surface area (TPSA) is 317 Å². The number of carbonyl (C=O) groups excluding carboxylic acids is 2. The molecule has 0 saturated carbocycles. The minimum atomic E-state index is -5.10. The second-order valence-electron chi connectivity index (χ2n) is 44.1. The average molecular weight is 2010 g/mol. The van der Waals surface area contributed by atoms with E-state index in [0.717, 1.165) is 96.0 Å². The summed E-state index contributed by atoms with van der Waals surface area (Å²) in [5.74, 6) is 9.40. The van der Waals surface area contributed by atoms with Gasteiger partial charge >= 0.3 is 25.2 Å². The van der Waals surface area contributed by atoms with Gasteiger partial charge in [0.1, 0.15) is 53.3 Å². The Morgan fingerprint density at radius 1 is 0.517 bits per heavy atom. The molecule has 6 aromatic rings. The molecule has 3 fully saturated rings. The van der Waals surface area contributed by atoms with Crippen LogP contribution in [0.25, 0.3) is 0 Å². The van der Waals surface area contributed by atoms with Gasteiger partial charge in [0.2, 0.25) is 11.7 Å². The lowest BCUT2D eigenvalue weighted by Gasteiger charge is -2.40. The number of H-pyrrole nitrogens is 2. The molecule has 2 aromatic heterocycles. The molecule has 143 heavy (non-hydrogen) atoms. The second-order valence-corrected chi connectivity index (χ2v) is 45.7. The third-order valence-electron chi connectivity index (χ3n) is 29.6. The summed E-state index contributed by atoms with van der Waals surface area (Å²) < 4.78 is 103. The van der Waals surface area contributed by atoms with Crippen LogP contribution in [0.4, 0.5) is 0 Å². The van der Waals surface area contributed by atoms with Crippen molar-refractivity contribution < 1.29 is 75.1 Å². The smallest absolute Gasteiger partial charge is 0.475 e. The summed E-state index contributed by atoms with van der Waals surface area (Å²) in [6, 6.07) is 30.0. The normalized spacial score (nSPS) is 19.8. The van der Waals surface area contributed by atoms with Crippen LogP contribution in [0.1, 0.15) is 368 Å². The molecule has 5 heterocycles. The predicted octanol–water partition coefficient (Wildman–Crippen LogP) is 25.7. The Morgan fingerprint density at radius 3 is 1.35 bits per heavy atom. The molecule has 3 aliphatic rings. The number of aromatic amines is 2. The summed E-state index contributed by atoms with van der Waals surface area (Å²) in [7, 11) is -1.98. The molecule has 798 valence electrons. The fraction of sp³-hybridized carbons (Fsp3) is 0.698. The maximum absolute atomic E-state index is 16.0. The molecule has 27 heteroatoms. The zero-order chi connectivity index (χ0) is 104. The van der Waals surface area contributed by atoms with Gasteiger partial charge in [-0.05, 0) is 163 Å². The van der Waals surface area contributed by atoms with Gasteiger partial charge in [0.25, 0.3) is 11.1 Å². The first-order valence-electron chi connectivity index (χ1n) is 54.6. The van der Waals surface area contributed by atoms with Gasteiger partial charge in [-0.1, -0.05) is 332 Å². The first kappa shape index (κ1) is 118. The second kappa shape index (κ2) is 60.8. The number of hydrogen-bond donors (Lipinski definition) is 3. The van der Waals surface area contributed by atoms with Crippen LogP contribution in [-0.4, -0.2) is 121 Å². The number of nitriles is 1. The predicted molar refractivity (Wildman–Crippen MR) is 566 cm³/mol. The maximum atomic E-state index is 16.0. The van der Waals surface area contributed by atoms with Crippen LogP contribution in [0.2, 0.25) is 0 Å². The molecule has 3 aliphatic heterocycles. The minimum Gasteiger partial charge on any atom is -0.497 e. The highest BCUT2D eigenvalue weighted by atomic mass is 31.2. The number of benzene rings is 4. The van der Waals surface area contributed by atoms with Crippen LogP contribution in [-0.2, 0) is 63.6 Å². The van der Waals surface area contributed by atoms with Crippen molar-refractivity contribution in [3.8, 4) is 34.8 Å². The van der Waals surface area contributed by atoms with E-state index in [1.165, 1.54) is 167 Å². The maximum Gasteiger partial charge on any atom is 0.475 e. The first-order chi connectivity index (χ1) is 68.5. The molecule has 0 spiro atoms.